The van der Waals surface area contributed by atoms with Crippen molar-refractivity contribution in [2.24, 2.45) is 0 Å². The number of aromatic nitrogens is 2. The number of rotatable bonds is 5. The van der Waals surface area contributed by atoms with Gasteiger partial charge < -0.3 is 10.1 Å². The summed E-state index contributed by atoms with van der Waals surface area (Å²) in [5.41, 5.74) is -1.53. The largest absolute Gasteiger partial charge is 0.435 e. The van der Waals surface area contributed by atoms with Gasteiger partial charge in [-0.15, -0.1) is 22.0 Å². The van der Waals surface area contributed by atoms with Crippen molar-refractivity contribution >= 4 is 35.0 Å². The number of hydrogen-bond acceptors (Lipinski definition) is 5. The molecule has 1 N–H and O–H groups in total. The molecule has 0 unspecified atom stereocenters. The van der Waals surface area contributed by atoms with Crippen molar-refractivity contribution in [1.82, 2.24) is 10.2 Å². The summed E-state index contributed by atoms with van der Waals surface area (Å²) in [5.74, 6) is -2.17. The minimum atomic E-state index is -4.83. The third kappa shape index (κ3) is 5.19. The smallest absolute Gasteiger partial charge is 0.435 e. The first-order valence-corrected chi connectivity index (χ1v) is 9.81. The fraction of sp³-hybridized carbons (Fsp3) is 0.105. The van der Waals surface area contributed by atoms with E-state index in [1.807, 2.05) is 6.26 Å². The van der Waals surface area contributed by atoms with Crippen molar-refractivity contribution in [1.29, 1.82) is 0 Å². The average molecular weight is 458 g/mol. The third-order valence-corrected chi connectivity index (χ3v) is 4.74. The number of anilines is 1. The maximum absolute atomic E-state index is 13.2. The predicted octanol–water partition coefficient (Wildman–Crippen LogP) is 6.05. The summed E-state index contributed by atoms with van der Waals surface area (Å²) in [4.78, 5) is 13.6. The van der Waals surface area contributed by atoms with Gasteiger partial charge >= 0.3 is 6.18 Å². The Balaban J connectivity index is 1.99. The molecule has 2 aromatic carbocycles. The fourth-order valence-corrected chi connectivity index (χ4v) is 2.98. The van der Waals surface area contributed by atoms with Gasteiger partial charge in [0.2, 0.25) is 0 Å². The monoisotopic (exact) mass is 457 g/mol. The number of halogens is 5. The molecule has 0 aliphatic heterocycles. The molecular weight excluding hydrogens is 446 g/mol. The lowest BCUT2D eigenvalue weighted by molar-refractivity contribution is -0.141. The van der Waals surface area contributed by atoms with Crippen molar-refractivity contribution in [3.05, 3.63) is 70.6 Å². The van der Waals surface area contributed by atoms with Crippen LogP contribution >= 0.6 is 23.4 Å². The van der Waals surface area contributed by atoms with Crippen LogP contribution in [0.3, 0.4) is 0 Å². The molecule has 0 fully saturated rings. The number of carbonyl (C=O) groups excluding carboxylic acids is 1. The number of nitrogens with one attached hydrogen (secondary N) is 1. The highest BCUT2D eigenvalue weighted by molar-refractivity contribution is 7.98. The van der Waals surface area contributed by atoms with E-state index in [1.165, 1.54) is 11.8 Å². The van der Waals surface area contributed by atoms with E-state index >= 15 is 0 Å². The number of alkyl halides is 3. The van der Waals surface area contributed by atoms with Gasteiger partial charge in [0.25, 0.3) is 11.8 Å². The lowest BCUT2D eigenvalue weighted by Gasteiger charge is -2.13. The molecule has 1 aromatic heterocycles. The van der Waals surface area contributed by atoms with E-state index < -0.39 is 35.0 Å². The van der Waals surface area contributed by atoms with Gasteiger partial charge in [0.1, 0.15) is 17.1 Å². The van der Waals surface area contributed by atoms with Gasteiger partial charge in [0, 0.05) is 10.6 Å². The second-order valence-electron chi connectivity index (χ2n) is 5.81. The molecular formula is C19H12ClF4N3O2S. The molecule has 11 heteroatoms. The lowest BCUT2D eigenvalue weighted by Crippen LogP contribution is -2.18. The molecule has 0 saturated heterocycles. The molecule has 0 aliphatic rings. The number of thioether (sulfide) groups is 1. The van der Waals surface area contributed by atoms with Crippen LogP contribution in [0.2, 0.25) is 5.02 Å². The standard InChI is InChI=1S/C19H12ClF4N3O2S/c1-30-12-4-2-3-11(8-12)25-17(28)13-9-16(19(22,23)24)26-27-18(13)29-15-6-5-10(21)7-14(15)20/h2-9H,1H3,(H,25,28). The van der Waals surface area contributed by atoms with Gasteiger partial charge in [0.05, 0.1) is 5.02 Å². The van der Waals surface area contributed by atoms with E-state index in [9.17, 15) is 22.4 Å². The zero-order valence-corrected chi connectivity index (χ0v) is 16.7. The zero-order valence-electron chi connectivity index (χ0n) is 15.1. The first-order valence-electron chi connectivity index (χ1n) is 8.20. The van der Waals surface area contributed by atoms with E-state index in [1.54, 1.807) is 24.3 Å². The number of benzene rings is 2. The van der Waals surface area contributed by atoms with E-state index in [4.69, 9.17) is 16.3 Å². The van der Waals surface area contributed by atoms with Gasteiger partial charge in [-0.05, 0) is 48.7 Å². The minimum absolute atomic E-state index is 0.106. The maximum Gasteiger partial charge on any atom is 0.435 e. The van der Waals surface area contributed by atoms with Gasteiger partial charge in [-0.25, -0.2) is 4.39 Å². The fourth-order valence-electron chi connectivity index (χ4n) is 2.32. The lowest BCUT2D eigenvalue weighted by atomic mass is 10.2. The highest BCUT2D eigenvalue weighted by Crippen LogP contribution is 2.34. The van der Waals surface area contributed by atoms with Crippen molar-refractivity contribution < 1.29 is 27.1 Å². The Morgan fingerprint density at radius 1 is 1.13 bits per heavy atom. The number of hydrogen-bond donors (Lipinski definition) is 1. The molecule has 0 aliphatic carbocycles. The molecule has 0 radical (unpaired) electrons. The summed E-state index contributed by atoms with van der Waals surface area (Å²) in [6.07, 6.45) is -2.99. The maximum atomic E-state index is 13.2. The van der Waals surface area contributed by atoms with Crippen molar-refractivity contribution in [3.63, 3.8) is 0 Å². The van der Waals surface area contributed by atoms with Gasteiger partial charge in [-0.2, -0.15) is 13.2 Å². The normalized spacial score (nSPS) is 11.3. The van der Waals surface area contributed by atoms with E-state index in [-0.39, 0.29) is 10.8 Å². The second-order valence-corrected chi connectivity index (χ2v) is 7.10. The summed E-state index contributed by atoms with van der Waals surface area (Å²) in [6.45, 7) is 0. The average Bonchev–Trinajstić information content (AvgIpc) is 2.69. The van der Waals surface area contributed by atoms with Crippen molar-refractivity contribution in [3.8, 4) is 11.6 Å². The highest BCUT2D eigenvalue weighted by Gasteiger charge is 2.35. The Morgan fingerprint density at radius 3 is 2.57 bits per heavy atom. The summed E-state index contributed by atoms with van der Waals surface area (Å²) in [5, 5.41) is 8.81. The summed E-state index contributed by atoms with van der Waals surface area (Å²) in [7, 11) is 0. The molecule has 3 aromatic rings. The van der Waals surface area contributed by atoms with Crippen molar-refractivity contribution in [2.75, 3.05) is 11.6 Å². The predicted molar refractivity (Wildman–Crippen MR) is 105 cm³/mol. The van der Waals surface area contributed by atoms with Crippen LogP contribution in [0.15, 0.2) is 53.4 Å². The van der Waals surface area contributed by atoms with Gasteiger partial charge in [-0.1, -0.05) is 17.7 Å². The SMILES string of the molecule is CSc1cccc(NC(=O)c2cc(C(F)(F)F)nnc2Oc2ccc(F)cc2Cl)c1. The number of amides is 1. The van der Waals surface area contributed by atoms with E-state index in [2.05, 4.69) is 15.5 Å². The van der Waals surface area contributed by atoms with Crippen LogP contribution in [-0.2, 0) is 6.18 Å². The number of ether oxygens (including phenoxy) is 1. The zero-order chi connectivity index (χ0) is 21.9. The van der Waals surface area contributed by atoms with Gasteiger partial charge in [-0.3, -0.25) is 4.79 Å². The van der Waals surface area contributed by atoms with Crippen LogP contribution in [0.5, 0.6) is 11.6 Å². The Morgan fingerprint density at radius 2 is 1.90 bits per heavy atom. The molecule has 0 saturated carbocycles. The first kappa shape index (κ1) is 21.8. The molecule has 0 atom stereocenters. The molecule has 0 bridgehead atoms. The molecule has 3 rings (SSSR count). The number of nitrogens with zero attached hydrogens (tertiary/aromatic N) is 2. The summed E-state index contributed by atoms with van der Waals surface area (Å²) >= 11 is 7.31. The van der Waals surface area contributed by atoms with Crippen LogP contribution in [-0.4, -0.2) is 22.4 Å². The molecule has 1 amide bonds. The molecule has 5 nitrogen and oxygen atoms in total. The third-order valence-electron chi connectivity index (χ3n) is 3.72. The Labute approximate surface area is 177 Å². The number of carbonyl (C=O) groups is 1. The molecule has 1 heterocycles. The minimum Gasteiger partial charge on any atom is -0.435 e. The van der Waals surface area contributed by atoms with Crippen LogP contribution in [0.25, 0.3) is 0 Å². The highest BCUT2D eigenvalue weighted by atomic mass is 35.5. The van der Waals surface area contributed by atoms with Crippen LogP contribution < -0.4 is 10.1 Å². The second kappa shape index (κ2) is 8.88. The molecule has 30 heavy (non-hydrogen) atoms. The van der Waals surface area contributed by atoms with E-state index in [0.717, 1.165) is 23.1 Å². The van der Waals surface area contributed by atoms with Gasteiger partial charge in [0.15, 0.2) is 5.69 Å². The Hall–Kier alpha value is -2.85. The molecule has 156 valence electrons. The van der Waals surface area contributed by atoms with Crippen LogP contribution in [0.1, 0.15) is 16.1 Å². The topological polar surface area (TPSA) is 64.1 Å². The quantitative estimate of drug-likeness (QED) is 0.373. The van der Waals surface area contributed by atoms with Crippen LogP contribution in [0, 0.1) is 5.82 Å². The Kier molecular flexibility index (Phi) is 6.47. The van der Waals surface area contributed by atoms with E-state index in [0.29, 0.717) is 11.8 Å². The summed E-state index contributed by atoms with van der Waals surface area (Å²) in [6, 6.07) is 10.4. The molecule has 0 spiro atoms. The van der Waals surface area contributed by atoms with Crippen LogP contribution in [0.4, 0.5) is 23.2 Å². The Bertz CT molecular complexity index is 1100. The first-order chi connectivity index (χ1) is 14.2. The summed E-state index contributed by atoms with van der Waals surface area (Å²) < 4.78 is 57.8. The van der Waals surface area contributed by atoms with Crippen molar-refractivity contribution in [2.45, 2.75) is 11.1 Å².